The summed E-state index contributed by atoms with van der Waals surface area (Å²) in [6.45, 7) is -0.468. The van der Waals surface area contributed by atoms with Crippen molar-refractivity contribution in [2.45, 2.75) is 12.6 Å². The van der Waals surface area contributed by atoms with Crippen LogP contribution in [-0.4, -0.2) is 32.5 Å². The second-order valence-corrected chi connectivity index (χ2v) is 3.89. The summed E-state index contributed by atoms with van der Waals surface area (Å²) in [7, 11) is 0. The predicted octanol–water partition coefficient (Wildman–Crippen LogP) is -1.51. The van der Waals surface area contributed by atoms with Gasteiger partial charge in [0.05, 0.1) is 22.8 Å². The van der Waals surface area contributed by atoms with Crippen molar-refractivity contribution in [1.29, 1.82) is 0 Å². The summed E-state index contributed by atoms with van der Waals surface area (Å²) in [5.41, 5.74) is -1.05. The molecule has 6 nitrogen and oxygen atoms in total. The lowest BCUT2D eigenvalue weighted by atomic mass is 10.4. The molecule has 1 heterocycles. The Hall–Kier alpha value is -0.670. The van der Waals surface area contributed by atoms with Crippen molar-refractivity contribution in [2.24, 2.45) is 0 Å². The van der Waals surface area contributed by atoms with Crippen LogP contribution in [-0.2, 0) is 6.54 Å². The first-order chi connectivity index (χ1) is 6.54. The summed E-state index contributed by atoms with van der Waals surface area (Å²) in [6, 6.07) is 0. The van der Waals surface area contributed by atoms with Gasteiger partial charge in [-0.3, -0.25) is 14.3 Å². The van der Waals surface area contributed by atoms with Gasteiger partial charge in [-0.05, 0) is 22.6 Å². The summed E-state index contributed by atoms with van der Waals surface area (Å²) < 4.78 is 1.50. The van der Waals surface area contributed by atoms with Crippen molar-refractivity contribution >= 4 is 22.6 Å². The molecule has 0 aliphatic heterocycles. The van der Waals surface area contributed by atoms with Crippen LogP contribution in [0.5, 0.6) is 0 Å². The lowest BCUT2D eigenvalue weighted by Crippen LogP contribution is -2.34. The average Bonchev–Trinajstić information content (AvgIpc) is 2.14. The molecule has 14 heavy (non-hydrogen) atoms. The Morgan fingerprint density at radius 3 is 2.79 bits per heavy atom. The van der Waals surface area contributed by atoms with Gasteiger partial charge in [0.1, 0.15) is 0 Å². The van der Waals surface area contributed by atoms with Gasteiger partial charge < -0.3 is 10.2 Å². The van der Waals surface area contributed by atoms with Gasteiger partial charge in [-0.15, -0.1) is 0 Å². The van der Waals surface area contributed by atoms with Crippen LogP contribution in [0.4, 0.5) is 0 Å². The minimum atomic E-state index is -1.01. The molecule has 0 spiro atoms. The van der Waals surface area contributed by atoms with Gasteiger partial charge in [0.15, 0.2) is 0 Å². The number of hydrogen-bond acceptors (Lipinski definition) is 4. The maximum atomic E-state index is 11.2. The molecule has 0 aromatic carbocycles. The van der Waals surface area contributed by atoms with Crippen molar-refractivity contribution < 1.29 is 10.2 Å². The fourth-order valence-electron chi connectivity index (χ4n) is 0.903. The fraction of sp³-hybridized carbons (Fsp3) is 0.429. The van der Waals surface area contributed by atoms with Crippen LogP contribution in [0.1, 0.15) is 0 Å². The van der Waals surface area contributed by atoms with Crippen molar-refractivity contribution in [1.82, 2.24) is 9.55 Å². The molecule has 0 aliphatic rings. The molecule has 0 radical (unpaired) electrons. The van der Waals surface area contributed by atoms with E-state index in [0.717, 1.165) is 4.57 Å². The van der Waals surface area contributed by atoms with Crippen molar-refractivity contribution in [3.05, 3.63) is 30.6 Å². The van der Waals surface area contributed by atoms with E-state index < -0.39 is 24.0 Å². The number of nitrogens with one attached hydrogen (secondary N) is 1. The number of nitrogens with zero attached hydrogens (tertiary/aromatic N) is 1. The van der Waals surface area contributed by atoms with Gasteiger partial charge in [-0.25, -0.2) is 4.79 Å². The zero-order valence-corrected chi connectivity index (χ0v) is 9.26. The quantitative estimate of drug-likeness (QED) is 0.592. The van der Waals surface area contributed by atoms with Gasteiger partial charge in [-0.2, -0.15) is 0 Å². The molecule has 78 valence electrons. The van der Waals surface area contributed by atoms with E-state index >= 15 is 0 Å². The summed E-state index contributed by atoms with van der Waals surface area (Å²) in [5.74, 6) is 0. The van der Waals surface area contributed by atoms with Crippen LogP contribution in [0.25, 0.3) is 0 Å². The maximum Gasteiger partial charge on any atom is 0.328 e. The van der Waals surface area contributed by atoms with E-state index in [2.05, 4.69) is 4.98 Å². The molecule has 0 bridgehead atoms. The highest BCUT2D eigenvalue weighted by Crippen LogP contribution is 1.94. The van der Waals surface area contributed by atoms with E-state index in [1.54, 1.807) is 22.6 Å². The molecule has 0 amide bonds. The van der Waals surface area contributed by atoms with Gasteiger partial charge in [-0.1, -0.05) is 0 Å². The Morgan fingerprint density at radius 1 is 1.57 bits per heavy atom. The molecular formula is C7H9IN2O4. The Balaban J connectivity index is 3.04. The van der Waals surface area contributed by atoms with E-state index in [1.807, 2.05) is 0 Å². The van der Waals surface area contributed by atoms with Crippen molar-refractivity contribution in [3.63, 3.8) is 0 Å². The van der Waals surface area contributed by atoms with Gasteiger partial charge >= 0.3 is 5.69 Å². The minimum absolute atomic E-state index is 0.0396. The van der Waals surface area contributed by atoms with E-state index in [0.29, 0.717) is 3.57 Å². The highest BCUT2D eigenvalue weighted by atomic mass is 127. The Morgan fingerprint density at radius 2 is 2.21 bits per heavy atom. The number of rotatable bonds is 3. The molecule has 7 heteroatoms. The highest BCUT2D eigenvalue weighted by molar-refractivity contribution is 14.1. The lowest BCUT2D eigenvalue weighted by molar-refractivity contribution is 0.0799. The van der Waals surface area contributed by atoms with Gasteiger partial charge in [0, 0.05) is 6.20 Å². The van der Waals surface area contributed by atoms with Crippen LogP contribution >= 0.6 is 22.6 Å². The van der Waals surface area contributed by atoms with E-state index in [4.69, 9.17) is 10.2 Å². The first kappa shape index (κ1) is 11.4. The van der Waals surface area contributed by atoms with Gasteiger partial charge in [0.2, 0.25) is 0 Å². The predicted molar refractivity (Wildman–Crippen MR) is 57.1 cm³/mol. The molecule has 0 saturated heterocycles. The lowest BCUT2D eigenvalue weighted by Gasteiger charge is -2.08. The Bertz CT molecular complexity index is 424. The SMILES string of the molecule is O=c1[nH]c(=O)n(CC(O)CO)cc1I. The van der Waals surface area contributed by atoms with E-state index in [1.165, 1.54) is 6.20 Å². The number of aliphatic hydroxyl groups excluding tert-OH is 2. The molecule has 1 atom stereocenters. The number of hydrogen-bond donors (Lipinski definition) is 3. The van der Waals surface area contributed by atoms with E-state index in [-0.39, 0.29) is 6.54 Å². The van der Waals surface area contributed by atoms with Crippen LogP contribution < -0.4 is 11.2 Å². The summed E-state index contributed by atoms with van der Waals surface area (Å²) in [6.07, 6.45) is 0.329. The van der Waals surface area contributed by atoms with Crippen LogP contribution in [0, 0.1) is 3.57 Å². The maximum absolute atomic E-state index is 11.2. The van der Waals surface area contributed by atoms with Crippen LogP contribution in [0.2, 0.25) is 0 Å². The number of aromatic amines is 1. The Kier molecular flexibility index (Phi) is 3.84. The normalized spacial score (nSPS) is 12.8. The topological polar surface area (TPSA) is 95.3 Å². The smallest absolute Gasteiger partial charge is 0.328 e. The Labute approximate surface area is 92.3 Å². The average molecular weight is 312 g/mol. The summed E-state index contributed by atoms with van der Waals surface area (Å²) in [4.78, 5) is 24.2. The first-order valence-electron chi connectivity index (χ1n) is 3.82. The molecule has 1 unspecified atom stereocenters. The third-order valence-corrected chi connectivity index (χ3v) is 2.35. The molecule has 1 rings (SSSR count). The number of aromatic nitrogens is 2. The largest absolute Gasteiger partial charge is 0.394 e. The highest BCUT2D eigenvalue weighted by Gasteiger charge is 2.06. The molecular weight excluding hydrogens is 303 g/mol. The summed E-state index contributed by atoms with van der Waals surface area (Å²) >= 11 is 1.78. The summed E-state index contributed by atoms with van der Waals surface area (Å²) in [5, 5.41) is 17.7. The van der Waals surface area contributed by atoms with E-state index in [9.17, 15) is 9.59 Å². The molecule has 0 fully saturated rings. The monoisotopic (exact) mass is 312 g/mol. The third-order valence-electron chi connectivity index (χ3n) is 1.59. The molecule has 1 aromatic rings. The van der Waals surface area contributed by atoms with Crippen molar-refractivity contribution in [3.8, 4) is 0 Å². The van der Waals surface area contributed by atoms with Gasteiger partial charge in [0.25, 0.3) is 5.56 Å². The zero-order valence-electron chi connectivity index (χ0n) is 7.11. The zero-order chi connectivity index (χ0) is 10.7. The number of aliphatic hydroxyl groups is 2. The van der Waals surface area contributed by atoms with Crippen LogP contribution in [0.3, 0.4) is 0 Å². The first-order valence-corrected chi connectivity index (χ1v) is 4.90. The van der Waals surface area contributed by atoms with Crippen molar-refractivity contribution in [2.75, 3.05) is 6.61 Å². The molecule has 3 N–H and O–H groups in total. The minimum Gasteiger partial charge on any atom is -0.394 e. The van der Waals surface area contributed by atoms with Crippen LogP contribution in [0.15, 0.2) is 15.8 Å². The number of halogens is 1. The molecule has 0 aliphatic carbocycles. The second-order valence-electron chi connectivity index (χ2n) is 2.73. The fourth-order valence-corrected chi connectivity index (χ4v) is 1.37. The molecule has 0 saturated carbocycles. The second kappa shape index (κ2) is 4.71. The third kappa shape index (κ3) is 2.66. The number of H-pyrrole nitrogens is 1. The molecule has 1 aromatic heterocycles. The standard InChI is InChI=1S/C7H9IN2O4/c8-5-2-10(1-4(12)3-11)7(14)9-6(5)13/h2,4,11-12H,1,3H2,(H,9,13,14).